The van der Waals surface area contributed by atoms with E-state index >= 15 is 0 Å². The van der Waals surface area contributed by atoms with E-state index in [-0.39, 0.29) is 12.4 Å². The molecule has 1 aromatic rings. The molecule has 0 saturated heterocycles. The highest BCUT2D eigenvalue weighted by Crippen LogP contribution is 2.22. The molecular formula is C5H7ClN4O. The van der Waals surface area contributed by atoms with Crippen molar-refractivity contribution in [3.8, 4) is 0 Å². The monoisotopic (exact) mass is 174 g/mol. The van der Waals surface area contributed by atoms with Crippen molar-refractivity contribution < 1.29 is 5.11 Å². The van der Waals surface area contributed by atoms with Crippen LogP contribution in [-0.2, 0) is 0 Å². The first kappa shape index (κ1) is 8.03. The van der Waals surface area contributed by atoms with E-state index in [0.29, 0.717) is 5.82 Å². The van der Waals surface area contributed by atoms with Gasteiger partial charge < -0.3 is 15.7 Å². The second-order valence-electron chi connectivity index (χ2n) is 1.98. The summed E-state index contributed by atoms with van der Waals surface area (Å²) in [4.78, 5) is 7.63. The summed E-state index contributed by atoms with van der Waals surface area (Å²) < 4.78 is 0. The number of hydrogen-bond donors (Lipinski definition) is 3. The fourth-order valence-corrected chi connectivity index (χ4v) is 0.863. The minimum absolute atomic E-state index is 0. The van der Waals surface area contributed by atoms with Gasteiger partial charge in [-0.15, -0.1) is 12.4 Å². The van der Waals surface area contributed by atoms with Crippen LogP contribution in [0.4, 0.5) is 11.5 Å². The minimum atomic E-state index is -0.730. The largest absolute Gasteiger partial charge is 0.357 e. The van der Waals surface area contributed by atoms with Crippen LogP contribution in [0.25, 0.3) is 0 Å². The highest BCUT2D eigenvalue weighted by atomic mass is 35.5. The highest BCUT2D eigenvalue weighted by Gasteiger charge is 2.16. The number of aliphatic hydroxyl groups excluding tert-OH is 1. The number of nitrogens with zero attached hydrogens (tertiary/aromatic N) is 2. The quantitative estimate of drug-likeness (QED) is 0.517. The smallest absolute Gasteiger partial charge is 0.204 e. The van der Waals surface area contributed by atoms with Gasteiger partial charge in [0.2, 0.25) is 6.35 Å². The number of nitrogens with one attached hydrogen (secondary N) is 2. The Bertz CT molecular complexity index is 231. The van der Waals surface area contributed by atoms with Crippen molar-refractivity contribution in [3.63, 3.8) is 0 Å². The second-order valence-corrected chi connectivity index (χ2v) is 1.98. The maximum absolute atomic E-state index is 8.96. The maximum Gasteiger partial charge on any atom is 0.204 e. The van der Waals surface area contributed by atoms with E-state index in [1.54, 1.807) is 6.20 Å². The number of aromatic nitrogens is 2. The summed E-state index contributed by atoms with van der Waals surface area (Å²) in [6.07, 6.45) is 2.30. The van der Waals surface area contributed by atoms with Crippen LogP contribution in [0, 0.1) is 0 Å². The van der Waals surface area contributed by atoms with Gasteiger partial charge in [-0.05, 0) is 0 Å². The molecule has 0 aromatic carbocycles. The lowest BCUT2D eigenvalue weighted by molar-refractivity contribution is 0.238. The van der Waals surface area contributed by atoms with Gasteiger partial charge in [0.05, 0.1) is 11.9 Å². The minimum Gasteiger partial charge on any atom is -0.357 e. The fraction of sp³-hybridized carbons (Fsp3) is 0.200. The molecule has 1 aliphatic rings. The van der Waals surface area contributed by atoms with Crippen LogP contribution in [-0.4, -0.2) is 21.4 Å². The molecule has 0 saturated carbocycles. The summed E-state index contributed by atoms with van der Waals surface area (Å²) in [5.41, 5.74) is 0.731. The Kier molecular flexibility index (Phi) is 2.11. The third-order valence-electron chi connectivity index (χ3n) is 1.28. The molecule has 11 heavy (non-hydrogen) atoms. The van der Waals surface area contributed by atoms with Crippen LogP contribution in [0.1, 0.15) is 0 Å². The van der Waals surface area contributed by atoms with E-state index in [2.05, 4.69) is 20.6 Å². The molecule has 3 N–H and O–H groups in total. The molecule has 2 heterocycles. The van der Waals surface area contributed by atoms with Gasteiger partial charge in [0.15, 0.2) is 5.82 Å². The zero-order valence-corrected chi connectivity index (χ0v) is 6.30. The van der Waals surface area contributed by atoms with Crippen molar-refractivity contribution in [1.29, 1.82) is 0 Å². The molecule has 1 aromatic heterocycles. The summed E-state index contributed by atoms with van der Waals surface area (Å²) >= 11 is 0. The first-order valence-electron chi connectivity index (χ1n) is 2.87. The third-order valence-corrected chi connectivity index (χ3v) is 1.28. The number of fused-ring (bicyclic) bond motifs is 1. The molecule has 60 valence electrons. The molecule has 1 unspecified atom stereocenters. The predicted octanol–water partition coefficient (Wildman–Crippen LogP) is 0.0117. The first-order chi connectivity index (χ1) is 4.86. The number of rotatable bonds is 0. The van der Waals surface area contributed by atoms with E-state index in [0.717, 1.165) is 5.69 Å². The van der Waals surface area contributed by atoms with Crippen molar-refractivity contribution >= 4 is 23.9 Å². The maximum atomic E-state index is 8.96. The number of halogens is 1. The van der Waals surface area contributed by atoms with Gasteiger partial charge >= 0.3 is 0 Å². The van der Waals surface area contributed by atoms with Crippen molar-refractivity contribution in [2.75, 3.05) is 10.6 Å². The van der Waals surface area contributed by atoms with Crippen LogP contribution in [0.3, 0.4) is 0 Å². The Morgan fingerprint density at radius 2 is 2.27 bits per heavy atom. The normalized spacial score (nSPS) is 19.2. The Labute approximate surface area is 69.3 Å². The predicted molar refractivity (Wildman–Crippen MR) is 42.5 cm³/mol. The Hall–Kier alpha value is -1.07. The lowest BCUT2D eigenvalue weighted by atomic mass is 10.5. The number of hydrogen-bond acceptors (Lipinski definition) is 5. The van der Waals surface area contributed by atoms with Crippen LogP contribution >= 0.6 is 12.4 Å². The Morgan fingerprint density at radius 1 is 1.45 bits per heavy atom. The van der Waals surface area contributed by atoms with Crippen LogP contribution in [0.2, 0.25) is 0 Å². The number of anilines is 2. The van der Waals surface area contributed by atoms with Gasteiger partial charge in [-0.2, -0.15) is 0 Å². The summed E-state index contributed by atoms with van der Waals surface area (Å²) in [6.45, 7) is 0. The SMILES string of the molecule is Cl.OC1Nc2cncnc2N1. The zero-order chi connectivity index (χ0) is 6.97. The van der Waals surface area contributed by atoms with Crippen LogP contribution in [0.5, 0.6) is 0 Å². The zero-order valence-electron chi connectivity index (χ0n) is 5.48. The number of aliphatic hydroxyl groups is 1. The first-order valence-corrected chi connectivity index (χ1v) is 2.87. The lowest BCUT2D eigenvalue weighted by Crippen LogP contribution is -2.20. The lowest BCUT2D eigenvalue weighted by Gasteiger charge is -1.99. The third kappa shape index (κ3) is 1.33. The van der Waals surface area contributed by atoms with E-state index in [4.69, 9.17) is 5.11 Å². The second kappa shape index (κ2) is 2.89. The molecule has 0 bridgehead atoms. The molecule has 1 aliphatic heterocycles. The van der Waals surface area contributed by atoms with Gasteiger partial charge in [-0.25, -0.2) is 9.97 Å². The Balaban J connectivity index is 0.000000605. The standard InChI is InChI=1S/C5H6N4O.ClH/c10-5-8-3-1-6-2-7-4(3)9-5;/h1-2,5,8,10H,(H,6,7,9);1H. The highest BCUT2D eigenvalue weighted by molar-refractivity contribution is 5.85. The average molecular weight is 175 g/mol. The molecule has 0 amide bonds. The van der Waals surface area contributed by atoms with Gasteiger partial charge in [0.25, 0.3) is 0 Å². The molecule has 0 aliphatic carbocycles. The fourth-order valence-electron chi connectivity index (χ4n) is 0.863. The molecule has 1 atom stereocenters. The summed E-state index contributed by atoms with van der Waals surface area (Å²) in [7, 11) is 0. The molecule has 0 radical (unpaired) electrons. The van der Waals surface area contributed by atoms with Gasteiger partial charge in [-0.1, -0.05) is 0 Å². The summed E-state index contributed by atoms with van der Waals surface area (Å²) in [6, 6.07) is 0. The molecule has 0 fully saturated rings. The topological polar surface area (TPSA) is 70.1 Å². The van der Waals surface area contributed by atoms with Crippen molar-refractivity contribution in [2.45, 2.75) is 6.35 Å². The molecule has 5 nitrogen and oxygen atoms in total. The molecule has 6 heteroatoms. The van der Waals surface area contributed by atoms with E-state index in [9.17, 15) is 0 Å². The van der Waals surface area contributed by atoms with Crippen molar-refractivity contribution in [1.82, 2.24) is 9.97 Å². The van der Waals surface area contributed by atoms with E-state index < -0.39 is 6.35 Å². The molecular weight excluding hydrogens is 168 g/mol. The van der Waals surface area contributed by atoms with Gasteiger partial charge in [0.1, 0.15) is 6.33 Å². The van der Waals surface area contributed by atoms with Crippen LogP contribution in [0.15, 0.2) is 12.5 Å². The van der Waals surface area contributed by atoms with E-state index in [1.807, 2.05) is 0 Å². The van der Waals surface area contributed by atoms with E-state index in [1.165, 1.54) is 6.33 Å². The molecule has 0 spiro atoms. The van der Waals surface area contributed by atoms with Gasteiger partial charge in [-0.3, -0.25) is 0 Å². The molecule has 2 rings (SSSR count). The average Bonchev–Trinajstić information content (AvgIpc) is 2.27. The Morgan fingerprint density at radius 3 is 3.00 bits per heavy atom. The van der Waals surface area contributed by atoms with Crippen molar-refractivity contribution in [2.24, 2.45) is 0 Å². The summed E-state index contributed by atoms with van der Waals surface area (Å²) in [5, 5.41) is 14.4. The van der Waals surface area contributed by atoms with Crippen molar-refractivity contribution in [3.05, 3.63) is 12.5 Å². The summed E-state index contributed by atoms with van der Waals surface area (Å²) in [5.74, 6) is 0.641. The van der Waals surface area contributed by atoms with Gasteiger partial charge in [0, 0.05) is 0 Å². The van der Waals surface area contributed by atoms with Crippen LogP contribution < -0.4 is 10.6 Å².